The number of hydrogen-bond donors (Lipinski definition) is 0. The largest absolute Gasteiger partial charge is 0.466 e. The van der Waals surface area contributed by atoms with Crippen LogP contribution in [0.25, 0.3) is 0 Å². The van der Waals surface area contributed by atoms with Crippen molar-refractivity contribution in [3.05, 3.63) is 33.9 Å². The van der Waals surface area contributed by atoms with E-state index in [1.54, 1.807) is 6.92 Å². The minimum Gasteiger partial charge on any atom is -0.466 e. The average molecular weight is 346 g/mol. The van der Waals surface area contributed by atoms with Gasteiger partial charge in [-0.25, -0.2) is 0 Å². The van der Waals surface area contributed by atoms with Gasteiger partial charge in [0.1, 0.15) is 0 Å². The smallest absolute Gasteiger partial charge is 0.418 e. The van der Waals surface area contributed by atoms with Crippen molar-refractivity contribution in [2.24, 2.45) is 5.92 Å². The van der Waals surface area contributed by atoms with Crippen molar-refractivity contribution in [3.8, 4) is 0 Å². The summed E-state index contributed by atoms with van der Waals surface area (Å²) >= 11 is 0. The van der Waals surface area contributed by atoms with Crippen LogP contribution in [-0.4, -0.2) is 30.6 Å². The van der Waals surface area contributed by atoms with Gasteiger partial charge in [0, 0.05) is 30.9 Å². The molecule has 132 valence electrons. The second kappa shape index (κ2) is 7.06. The lowest BCUT2D eigenvalue weighted by atomic mass is 9.96. The monoisotopic (exact) mass is 346 g/mol. The molecule has 0 spiro atoms. The molecule has 0 N–H and O–H groups in total. The lowest BCUT2D eigenvalue weighted by Gasteiger charge is -2.34. The fraction of sp³-hybridized carbons (Fsp3) is 0.533. The maximum Gasteiger partial charge on any atom is 0.418 e. The fourth-order valence-electron chi connectivity index (χ4n) is 2.76. The molecule has 1 aromatic rings. The second-order valence-corrected chi connectivity index (χ2v) is 5.47. The van der Waals surface area contributed by atoms with Crippen LogP contribution in [0.15, 0.2) is 18.2 Å². The normalized spacial score (nSPS) is 16.1. The summed E-state index contributed by atoms with van der Waals surface area (Å²) in [5, 5.41) is 10.7. The number of anilines is 1. The molecule has 0 radical (unpaired) electrons. The number of non-ortho nitro benzene ring substituents is 1. The van der Waals surface area contributed by atoms with E-state index < -0.39 is 22.4 Å². The minimum absolute atomic E-state index is 0.101. The molecule has 24 heavy (non-hydrogen) atoms. The Balaban J connectivity index is 2.21. The standard InChI is InChI=1S/C15H17F3N2O4/c1-2-24-14(21)10-5-7-19(8-6-10)13-4-3-11(20(22)23)9-12(13)15(16,17)18/h3-4,9-10H,2,5-8H2,1H3. The Morgan fingerprint density at radius 2 is 2.00 bits per heavy atom. The highest BCUT2D eigenvalue weighted by atomic mass is 19.4. The van der Waals surface area contributed by atoms with Crippen molar-refractivity contribution in [2.45, 2.75) is 25.9 Å². The number of carbonyl (C=O) groups is 1. The SMILES string of the molecule is CCOC(=O)C1CCN(c2ccc([N+](=O)[O-])cc2C(F)(F)F)CC1. The van der Waals surface area contributed by atoms with Gasteiger partial charge in [-0.05, 0) is 25.8 Å². The predicted molar refractivity (Wildman–Crippen MR) is 79.7 cm³/mol. The number of esters is 1. The van der Waals surface area contributed by atoms with Crippen LogP contribution < -0.4 is 4.90 Å². The number of rotatable bonds is 4. The molecule has 1 saturated heterocycles. The molecule has 9 heteroatoms. The number of ether oxygens (including phenoxy) is 1. The number of piperidine rings is 1. The summed E-state index contributed by atoms with van der Waals surface area (Å²) in [7, 11) is 0. The predicted octanol–water partition coefficient (Wildman–Crippen LogP) is 3.39. The van der Waals surface area contributed by atoms with Gasteiger partial charge in [-0.1, -0.05) is 0 Å². The van der Waals surface area contributed by atoms with E-state index in [0.717, 1.165) is 12.1 Å². The van der Waals surface area contributed by atoms with Gasteiger partial charge < -0.3 is 9.64 Å². The zero-order chi connectivity index (χ0) is 17.9. The van der Waals surface area contributed by atoms with Gasteiger partial charge in [0.15, 0.2) is 0 Å². The fourth-order valence-corrected chi connectivity index (χ4v) is 2.76. The number of nitrogens with zero attached hydrogens (tertiary/aromatic N) is 2. The van der Waals surface area contributed by atoms with Gasteiger partial charge in [-0.2, -0.15) is 13.2 Å². The number of nitro benzene ring substituents is 1. The molecule has 0 amide bonds. The minimum atomic E-state index is -4.70. The van der Waals surface area contributed by atoms with E-state index in [1.807, 2.05) is 0 Å². The van der Waals surface area contributed by atoms with Crippen molar-refractivity contribution in [1.29, 1.82) is 0 Å². The molecule has 1 fully saturated rings. The van der Waals surface area contributed by atoms with Gasteiger partial charge in [-0.3, -0.25) is 14.9 Å². The molecule has 1 aliphatic heterocycles. The number of halogens is 3. The first-order valence-corrected chi connectivity index (χ1v) is 7.51. The number of alkyl halides is 3. The van der Waals surface area contributed by atoms with E-state index in [-0.39, 0.29) is 37.3 Å². The van der Waals surface area contributed by atoms with Crippen LogP contribution in [0.1, 0.15) is 25.3 Å². The topological polar surface area (TPSA) is 72.7 Å². The van der Waals surface area contributed by atoms with E-state index in [4.69, 9.17) is 4.74 Å². The van der Waals surface area contributed by atoms with Crippen LogP contribution in [-0.2, 0) is 15.7 Å². The first-order valence-electron chi connectivity index (χ1n) is 7.51. The van der Waals surface area contributed by atoms with Crippen molar-refractivity contribution < 1.29 is 27.6 Å². The molecule has 1 aromatic carbocycles. The van der Waals surface area contributed by atoms with E-state index in [0.29, 0.717) is 18.9 Å². The number of hydrogen-bond acceptors (Lipinski definition) is 5. The summed E-state index contributed by atoms with van der Waals surface area (Å²) in [6, 6.07) is 2.72. The molecular formula is C15H17F3N2O4. The summed E-state index contributed by atoms with van der Waals surface area (Å²) in [6.07, 6.45) is -3.93. The first-order chi connectivity index (χ1) is 11.2. The van der Waals surface area contributed by atoms with Crippen LogP contribution in [0.2, 0.25) is 0 Å². The average Bonchev–Trinajstić information content (AvgIpc) is 2.54. The van der Waals surface area contributed by atoms with Crippen LogP contribution >= 0.6 is 0 Å². The number of benzene rings is 1. The van der Waals surface area contributed by atoms with Crippen molar-refractivity contribution in [3.63, 3.8) is 0 Å². The Morgan fingerprint density at radius 1 is 1.38 bits per heavy atom. The molecular weight excluding hydrogens is 329 g/mol. The molecule has 1 heterocycles. The van der Waals surface area contributed by atoms with E-state index >= 15 is 0 Å². The lowest BCUT2D eigenvalue weighted by Crippen LogP contribution is -2.38. The molecule has 1 aliphatic rings. The molecule has 0 atom stereocenters. The molecule has 0 bridgehead atoms. The quantitative estimate of drug-likeness (QED) is 0.475. The summed E-state index contributed by atoms with van der Waals surface area (Å²) in [4.78, 5) is 23.1. The van der Waals surface area contributed by atoms with Crippen LogP contribution in [0, 0.1) is 16.0 Å². The van der Waals surface area contributed by atoms with Crippen LogP contribution in [0.3, 0.4) is 0 Å². The van der Waals surface area contributed by atoms with Gasteiger partial charge in [0.25, 0.3) is 5.69 Å². The molecule has 0 aliphatic carbocycles. The third-order valence-corrected chi connectivity index (χ3v) is 3.95. The summed E-state index contributed by atoms with van der Waals surface area (Å²) < 4.78 is 44.6. The van der Waals surface area contributed by atoms with Crippen LogP contribution in [0.4, 0.5) is 24.5 Å². The number of carbonyl (C=O) groups excluding carboxylic acids is 1. The van der Waals surface area contributed by atoms with Gasteiger partial charge in [0.05, 0.1) is 23.0 Å². The molecule has 0 aromatic heterocycles. The molecule has 0 unspecified atom stereocenters. The van der Waals surface area contributed by atoms with E-state index in [2.05, 4.69) is 0 Å². The van der Waals surface area contributed by atoms with Gasteiger partial charge in [-0.15, -0.1) is 0 Å². The second-order valence-electron chi connectivity index (χ2n) is 5.47. The van der Waals surface area contributed by atoms with Gasteiger partial charge >= 0.3 is 12.1 Å². The van der Waals surface area contributed by atoms with Crippen molar-refractivity contribution >= 4 is 17.3 Å². The molecule has 2 rings (SSSR count). The summed E-state index contributed by atoms with van der Waals surface area (Å²) in [6.45, 7) is 2.47. The third-order valence-electron chi connectivity index (χ3n) is 3.95. The Kier molecular flexibility index (Phi) is 5.30. The van der Waals surface area contributed by atoms with Crippen molar-refractivity contribution in [1.82, 2.24) is 0 Å². The van der Waals surface area contributed by atoms with Crippen molar-refractivity contribution in [2.75, 3.05) is 24.6 Å². The Morgan fingerprint density at radius 3 is 2.50 bits per heavy atom. The maximum atomic E-state index is 13.2. The Hall–Kier alpha value is -2.32. The summed E-state index contributed by atoms with van der Waals surface area (Å²) in [5.74, 6) is -0.662. The van der Waals surface area contributed by atoms with Gasteiger partial charge in [0.2, 0.25) is 0 Å². The lowest BCUT2D eigenvalue weighted by molar-refractivity contribution is -0.385. The first kappa shape index (κ1) is 18.0. The number of nitro groups is 1. The highest BCUT2D eigenvalue weighted by molar-refractivity contribution is 5.73. The molecule has 0 saturated carbocycles. The summed E-state index contributed by atoms with van der Waals surface area (Å²) in [5.41, 5.74) is -1.74. The third kappa shape index (κ3) is 3.95. The maximum absolute atomic E-state index is 13.2. The Labute approximate surface area is 136 Å². The highest BCUT2D eigenvalue weighted by Gasteiger charge is 2.37. The zero-order valence-corrected chi connectivity index (χ0v) is 13.0. The van der Waals surface area contributed by atoms with E-state index in [9.17, 15) is 28.1 Å². The van der Waals surface area contributed by atoms with Crippen LogP contribution in [0.5, 0.6) is 0 Å². The molecule has 6 nitrogen and oxygen atoms in total. The van der Waals surface area contributed by atoms with E-state index in [1.165, 1.54) is 4.90 Å². The highest BCUT2D eigenvalue weighted by Crippen LogP contribution is 2.39. The Bertz CT molecular complexity index is 626. The zero-order valence-electron chi connectivity index (χ0n) is 13.0.